The van der Waals surface area contributed by atoms with Crippen molar-refractivity contribution in [2.24, 2.45) is 4.99 Å². The van der Waals surface area contributed by atoms with Gasteiger partial charge in [0.05, 0.1) is 11.1 Å². The number of para-hydroxylation sites is 2. The van der Waals surface area contributed by atoms with E-state index in [1.807, 2.05) is 48.5 Å². The first-order valence-electron chi connectivity index (χ1n) is 12.2. The average Bonchev–Trinajstić information content (AvgIpc) is 3.25. The lowest BCUT2D eigenvalue weighted by atomic mass is 10.0. The standard InChI is InChI=1S/C28H27F3N4O/c29-28(30,31)22-15-16-24(34-17-9-1-2-10-18-34)33-27-26(22)23(36)19-25(32-20-11-5-3-6-12-20)35(27)21-13-7-4-8-14-21/h3-8,11-15,19,32H,1-2,9-10,16-18H2. The topological polar surface area (TPSA) is 49.6 Å². The largest absolute Gasteiger partial charge is 0.416 e. The van der Waals surface area contributed by atoms with E-state index in [0.717, 1.165) is 44.8 Å². The van der Waals surface area contributed by atoms with Gasteiger partial charge in [-0.25, -0.2) is 4.99 Å². The fourth-order valence-corrected chi connectivity index (χ4v) is 4.81. The maximum absolute atomic E-state index is 14.3. The first kappa shape index (κ1) is 23.9. The second-order valence-electron chi connectivity index (χ2n) is 9.00. The summed E-state index contributed by atoms with van der Waals surface area (Å²) in [5, 5.41) is 3.22. The van der Waals surface area contributed by atoms with Crippen LogP contribution < -0.4 is 10.7 Å². The monoisotopic (exact) mass is 492 g/mol. The molecule has 0 spiro atoms. The van der Waals surface area contributed by atoms with Crippen molar-refractivity contribution in [1.82, 2.24) is 9.47 Å². The minimum absolute atomic E-state index is 0.00699. The van der Waals surface area contributed by atoms with E-state index in [1.165, 1.54) is 6.07 Å². The van der Waals surface area contributed by atoms with Gasteiger partial charge in [0, 0.05) is 37.0 Å². The molecule has 0 bridgehead atoms. The minimum atomic E-state index is -4.69. The summed E-state index contributed by atoms with van der Waals surface area (Å²) >= 11 is 0. The third-order valence-electron chi connectivity index (χ3n) is 6.52. The van der Waals surface area contributed by atoms with Gasteiger partial charge in [0.15, 0.2) is 11.2 Å². The molecule has 1 N–H and O–H groups in total. The third-order valence-corrected chi connectivity index (χ3v) is 6.52. The van der Waals surface area contributed by atoms with Crippen molar-refractivity contribution in [3.05, 3.63) is 88.6 Å². The summed E-state index contributed by atoms with van der Waals surface area (Å²) < 4.78 is 44.5. The van der Waals surface area contributed by atoms with Gasteiger partial charge in [-0.1, -0.05) is 55.3 Å². The molecule has 3 aromatic rings. The lowest BCUT2D eigenvalue weighted by Gasteiger charge is -2.25. The number of nitrogens with zero attached hydrogens (tertiary/aromatic N) is 3. The van der Waals surface area contributed by atoms with E-state index >= 15 is 0 Å². The molecule has 0 radical (unpaired) electrons. The maximum atomic E-state index is 14.3. The molecule has 0 amide bonds. The van der Waals surface area contributed by atoms with Gasteiger partial charge in [-0.3, -0.25) is 9.36 Å². The van der Waals surface area contributed by atoms with Crippen LogP contribution in [0.3, 0.4) is 0 Å². The zero-order chi connectivity index (χ0) is 25.1. The van der Waals surface area contributed by atoms with Gasteiger partial charge in [0.1, 0.15) is 11.7 Å². The van der Waals surface area contributed by atoms with Crippen LogP contribution in [0, 0.1) is 0 Å². The third kappa shape index (κ3) is 4.94. The Hall–Kier alpha value is -3.81. The van der Waals surface area contributed by atoms with E-state index in [9.17, 15) is 18.0 Å². The van der Waals surface area contributed by atoms with Crippen molar-refractivity contribution < 1.29 is 13.2 Å². The molecule has 1 aromatic heterocycles. The first-order valence-corrected chi connectivity index (χ1v) is 12.2. The first-order chi connectivity index (χ1) is 17.4. The highest BCUT2D eigenvalue weighted by Gasteiger charge is 2.39. The number of benzene rings is 2. The van der Waals surface area contributed by atoms with Crippen LogP contribution in [0.5, 0.6) is 0 Å². The Morgan fingerprint density at radius 2 is 1.50 bits per heavy atom. The number of pyridine rings is 1. The Morgan fingerprint density at radius 3 is 2.14 bits per heavy atom. The van der Waals surface area contributed by atoms with Crippen molar-refractivity contribution in [3.8, 4) is 5.69 Å². The number of alkyl halides is 3. The number of fused-ring (bicyclic) bond motifs is 1. The van der Waals surface area contributed by atoms with Crippen LogP contribution in [0.15, 0.2) is 82.6 Å². The number of rotatable bonds is 3. The molecule has 0 aliphatic carbocycles. The Morgan fingerprint density at radius 1 is 0.861 bits per heavy atom. The molecule has 0 unspecified atom stereocenters. The van der Waals surface area contributed by atoms with E-state index in [2.05, 4.69) is 10.2 Å². The van der Waals surface area contributed by atoms with E-state index in [4.69, 9.17) is 4.99 Å². The molecule has 1 saturated heterocycles. The molecule has 8 heteroatoms. The molecule has 2 aliphatic rings. The van der Waals surface area contributed by atoms with Gasteiger partial charge < -0.3 is 10.2 Å². The van der Waals surface area contributed by atoms with Crippen molar-refractivity contribution in [2.75, 3.05) is 18.4 Å². The number of halogens is 3. The van der Waals surface area contributed by atoms with Gasteiger partial charge in [-0.15, -0.1) is 0 Å². The molecular formula is C28H27F3N4O. The molecule has 2 aromatic carbocycles. The number of amidine groups is 1. The fraction of sp³-hybridized carbons (Fsp3) is 0.286. The minimum Gasteiger partial charge on any atom is -0.360 e. The van der Waals surface area contributed by atoms with Crippen LogP contribution >= 0.6 is 0 Å². The summed E-state index contributed by atoms with van der Waals surface area (Å²) in [5.41, 5.74) is -0.769. The summed E-state index contributed by atoms with van der Waals surface area (Å²) in [6.07, 6.45) is 0.537. The molecule has 3 heterocycles. The van der Waals surface area contributed by atoms with E-state index in [1.54, 1.807) is 16.7 Å². The van der Waals surface area contributed by atoms with Crippen molar-refractivity contribution in [2.45, 2.75) is 38.3 Å². The van der Waals surface area contributed by atoms with E-state index < -0.39 is 22.7 Å². The quantitative estimate of drug-likeness (QED) is 0.436. The Labute approximate surface area is 207 Å². The number of likely N-dealkylation sites (tertiary alicyclic amines) is 1. The van der Waals surface area contributed by atoms with Crippen LogP contribution in [0.4, 0.5) is 30.5 Å². The number of aromatic nitrogens is 1. The normalized spacial score (nSPS) is 16.4. The average molecular weight is 493 g/mol. The summed E-state index contributed by atoms with van der Waals surface area (Å²) in [6.45, 7) is 1.47. The smallest absolute Gasteiger partial charge is 0.360 e. The number of hydrogen-bond donors (Lipinski definition) is 1. The van der Waals surface area contributed by atoms with Crippen molar-refractivity contribution >= 4 is 28.7 Å². The van der Waals surface area contributed by atoms with Crippen LogP contribution in [0.25, 0.3) is 11.3 Å². The van der Waals surface area contributed by atoms with Gasteiger partial charge in [-0.05, 0) is 37.1 Å². The zero-order valence-corrected chi connectivity index (χ0v) is 19.8. The van der Waals surface area contributed by atoms with Crippen LogP contribution in [-0.4, -0.2) is 34.6 Å². The SMILES string of the molecule is O=c1cc(Nc2ccccc2)n(-c2ccccc2)c2c1C(C(F)(F)F)=CCC(N1CCCCCC1)=N2. The predicted molar refractivity (Wildman–Crippen MR) is 138 cm³/mol. The number of allylic oxidation sites excluding steroid dienone is 1. The molecule has 186 valence electrons. The summed E-state index contributed by atoms with van der Waals surface area (Å²) in [4.78, 5) is 20.2. The number of aliphatic imine (C=N–C) groups is 1. The van der Waals surface area contributed by atoms with Crippen LogP contribution in [0.2, 0.25) is 0 Å². The van der Waals surface area contributed by atoms with Gasteiger partial charge >= 0.3 is 6.18 Å². The molecule has 0 atom stereocenters. The highest BCUT2D eigenvalue weighted by Crippen LogP contribution is 2.41. The number of hydrogen-bond acceptors (Lipinski definition) is 4. The summed E-state index contributed by atoms with van der Waals surface area (Å²) in [5.74, 6) is 0.893. The van der Waals surface area contributed by atoms with Gasteiger partial charge in [0.25, 0.3) is 0 Å². The number of anilines is 2. The predicted octanol–water partition coefficient (Wildman–Crippen LogP) is 6.84. The molecule has 5 rings (SSSR count). The molecule has 5 nitrogen and oxygen atoms in total. The van der Waals surface area contributed by atoms with Gasteiger partial charge in [0.2, 0.25) is 0 Å². The molecular weight excluding hydrogens is 465 g/mol. The lowest BCUT2D eigenvalue weighted by molar-refractivity contribution is -0.0690. The molecule has 36 heavy (non-hydrogen) atoms. The molecule has 2 aliphatic heterocycles. The van der Waals surface area contributed by atoms with Crippen LogP contribution in [-0.2, 0) is 0 Å². The maximum Gasteiger partial charge on any atom is 0.416 e. The Balaban J connectivity index is 1.78. The lowest BCUT2D eigenvalue weighted by Crippen LogP contribution is -2.31. The zero-order valence-electron chi connectivity index (χ0n) is 19.8. The fourth-order valence-electron chi connectivity index (χ4n) is 4.81. The second kappa shape index (κ2) is 10.0. The van der Waals surface area contributed by atoms with Crippen molar-refractivity contribution in [3.63, 3.8) is 0 Å². The van der Waals surface area contributed by atoms with E-state index in [0.29, 0.717) is 23.0 Å². The van der Waals surface area contributed by atoms with Crippen LogP contribution in [0.1, 0.15) is 37.7 Å². The molecule has 1 fully saturated rings. The highest BCUT2D eigenvalue weighted by molar-refractivity contribution is 5.93. The highest BCUT2D eigenvalue weighted by atomic mass is 19.4. The summed E-state index contributed by atoms with van der Waals surface area (Å²) in [7, 11) is 0. The Bertz CT molecular complexity index is 1340. The molecule has 0 saturated carbocycles. The number of nitrogens with one attached hydrogen (secondary N) is 1. The second-order valence-corrected chi connectivity index (χ2v) is 9.00. The van der Waals surface area contributed by atoms with E-state index in [-0.39, 0.29) is 12.2 Å². The van der Waals surface area contributed by atoms with Crippen molar-refractivity contribution in [1.29, 1.82) is 0 Å². The van der Waals surface area contributed by atoms with Gasteiger partial charge in [-0.2, -0.15) is 13.2 Å². The summed E-state index contributed by atoms with van der Waals surface area (Å²) in [6, 6.07) is 19.5. The Kier molecular flexibility index (Phi) is 6.67.